The van der Waals surface area contributed by atoms with Crippen molar-refractivity contribution in [1.29, 1.82) is 0 Å². The number of thiophene rings is 1. The first kappa shape index (κ1) is 19.8. The molecule has 0 aliphatic carbocycles. The fourth-order valence-corrected chi connectivity index (χ4v) is 3.96. The molecule has 4 aromatic rings. The van der Waals surface area contributed by atoms with Crippen molar-refractivity contribution in [2.75, 3.05) is 18.5 Å². The van der Waals surface area contributed by atoms with Gasteiger partial charge in [0.1, 0.15) is 29.3 Å². The Morgan fingerprint density at radius 3 is 2.97 bits per heavy atom. The van der Waals surface area contributed by atoms with Crippen LogP contribution in [0, 0.1) is 5.82 Å². The molecular formula is C21H18FN3O4S. The maximum atomic E-state index is 14.2. The van der Waals surface area contributed by atoms with Gasteiger partial charge in [-0.1, -0.05) is 0 Å². The van der Waals surface area contributed by atoms with Gasteiger partial charge in [-0.25, -0.2) is 19.2 Å². The highest BCUT2D eigenvalue weighted by atomic mass is 32.1. The summed E-state index contributed by atoms with van der Waals surface area (Å²) in [5, 5.41) is 13.4. The van der Waals surface area contributed by atoms with Crippen molar-refractivity contribution in [2.24, 2.45) is 0 Å². The first-order valence-corrected chi connectivity index (χ1v) is 10.1. The Hall–Kier alpha value is -3.46. The Morgan fingerprint density at radius 2 is 2.17 bits per heavy atom. The summed E-state index contributed by atoms with van der Waals surface area (Å²) in [4.78, 5) is 20.6. The van der Waals surface area contributed by atoms with Crippen LogP contribution in [-0.2, 0) is 6.42 Å². The third-order valence-corrected chi connectivity index (χ3v) is 5.56. The van der Waals surface area contributed by atoms with Crippen LogP contribution in [0.5, 0.6) is 5.75 Å². The lowest BCUT2D eigenvalue weighted by Crippen LogP contribution is -2.07. The highest BCUT2D eigenvalue weighted by molar-refractivity contribution is 7.17. The van der Waals surface area contributed by atoms with E-state index in [0.717, 1.165) is 16.7 Å². The number of furan rings is 1. The summed E-state index contributed by atoms with van der Waals surface area (Å²) in [5.74, 6) is -0.471. The van der Waals surface area contributed by atoms with Gasteiger partial charge in [0.25, 0.3) is 0 Å². The molecule has 0 atom stereocenters. The van der Waals surface area contributed by atoms with Crippen molar-refractivity contribution >= 4 is 34.1 Å². The van der Waals surface area contributed by atoms with Gasteiger partial charge in [0.2, 0.25) is 0 Å². The molecule has 4 rings (SSSR count). The predicted octanol–water partition coefficient (Wildman–Crippen LogP) is 4.84. The Kier molecular flexibility index (Phi) is 5.62. The molecule has 9 heteroatoms. The van der Waals surface area contributed by atoms with Gasteiger partial charge in [-0.3, -0.25) is 0 Å². The monoisotopic (exact) mass is 427 g/mol. The zero-order chi connectivity index (χ0) is 21.1. The summed E-state index contributed by atoms with van der Waals surface area (Å²) in [5.41, 5.74) is 1.68. The van der Waals surface area contributed by atoms with Crippen molar-refractivity contribution in [1.82, 2.24) is 9.97 Å². The quantitative estimate of drug-likeness (QED) is 0.415. The standard InChI is InChI=1S/C21H18FN3O4S/c1-2-28-17-10-18(30-20(17)21(26)27)15-9-19(25-11-24-15)23-5-3-12-7-13-4-6-29-16(13)8-14(12)22/h4,6-11H,2-3,5H2,1H3,(H,26,27)(H,23,24,25). The number of anilines is 1. The Morgan fingerprint density at radius 1 is 1.30 bits per heavy atom. The summed E-state index contributed by atoms with van der Waals surface area (Å²) < 4.78 is 24.8. The summed E-state index contributed by atoms with van der Waals surface area (Å²) in [6.07, 6.45) is 3.39. The van der Waals surface area contributed by atoms with Crippen LogP contribution >= 0.6 is 11.3 Å². The highest BCUT2D eigenvalue weighted by Crippen LogP contribution is 2.36. The second-order valence-corrected chi connectivity index (χ2v) is 7.46. The third kappa shape index (κ3) is 4.11. The lowest BCUT2D eigenvalue weighted by atomic mass is 10.1. The molecule has 3 heterocycles. The van der Waals surface area contributed by atoms with Crippen LogP contribution in [0.25, 0.3) is 21.5 Å². The van der Waals surface area contributed by atoms with Crippen LogP contribution in [0.1, 0.15) is 22.2 Å². The van der Waals surface area contributed by atoms with Gasteiger partial charge in [0.05, 0.1) is 23.4 Å². The number of nitrogens with zero attached hydrogens (tertiary/aromatic N) is 2. The van der Waals surface area contributed by atoms with E-state index in [1.54, 1.807) is 31.2 Å². The molecule has 30 heavy (non-hydrogen) atoms. The topological polar surface area (TPSA) is 97.5 Å². The van der Waals surface area contributed by atoms with Crippen LogP contribution in [0.2, 0.25) is 0 Å². The Labute approximate surface area is 175 Å². The van der Waals surface area contributed by atoms with Gasteiger partial charge in [-0.05, 0) is 31.0 Å². The van der Waals surface area contributed by atoms with E-state index < -0.39 is 5.97 Å². The summed E-state index contributed by atoms with van der Waals surface area (Å²) in [6.45, 7) is 2.63. The van der Waals surface area contributed by atoms with E-state index in [9.17, 15) is 14.3 Å². The number of ether oxygens (including phenoxy) is 1. The van der Waals surface area contributed by atoms with Crippen LogP contribution < -0.4 is 10.1 Å². The van der Waals surface area contributed by atoms with Gasteiger partial charge < -0.3 is 19.6 Å². The van der Waals surface area contributed by atoms with E-state index in [1.165, 1.54) is 18.7 Å². The lowest BCUT2D eigenvalue weighted by molar-refractivity contribution is 0.0698. The largest absolute Gasteiger partial charge is 0.492 e. The number of carboxylic acids is 1. The normalized spacial score (nSPS) is 11.0. The molecule has 0 bridgehead atoms. The predicted molar refractivity (Wildman–Crippen MR) is 112 cm³/mol. The maximum Gasteiger partial charge on any atom is 0.349 e. The molecule has 0 amide bonds. The zero-order valence-electron chi connectivity index (χ0n) is 16.0. The Balaban J connectivity index is 1.47. The first-order chi connectivity index (χ1) is 14.5. The molecule has 0 spiro atoms. The van der Waals surface area contributed by atoms with Crippen molar-refractivity contribution in [3.8, 4) is 16.3 Å². The Bertz CT molecular complexity index is 1200. The molecule has 3 aromatic heterocycles. The lowest BCUT2D eigenvalue weighted by Gasteiger charge is -2.07. The minimum Gasteiger partial charge on any atom is -0.492 e. The number of rotatable bonds is 8. The number of halogens is 1. The molecule has 7 nitrogen and oxygen atoms in total. The van der Waals surface area contributed by atoms with Gasteiger partial charge in [-0.2, -0.15) is 0 Å². The van der Waals surface area contributed by atoms with Crippen LogP contribution in [0.15, 0.2) is 47.3 Å². The molecule has 2 N–H and O–H groups in total. The maximum absolute atomic E-state index is 14.2. The number of carbonyl (C=O) groups is 1. The molecule has 0 saturated carbocycles. The minimum atomic E-state index is -1.04. The average molecular weight is 427 g/mol. The SMILES string of the molecule is CCOc1cc(-c2cc(NCCc3cc4ccoc4cc3F)ncn2)sc1C(=O)O. The molecule has 0 fully saturated rings. The fraction of sp³-hybridized carbons (Fsp3) is 0.190. The van der Waals surface area contributed by atoms with Crippen LogP contribution in [0.4, 0.5) is 10.2 Å². The number of aromatic carboxylic acids is 1. The first-order valence-electron chi connectivity index (χ1n) is 9.27. The number of carboxylic acid groups (broad SMARTS) is 1. The van der Waals surface area contributed by atoms with Crippen molar-refractivity contribution in [3.63, 3.8) is 0 Å². The van der Waals surface area contributed by atoms with Crippen LogP contribution in [-0.4, -0.2) is 34.2 Å². The fourth-order valence-electron chi connectivity index (χ4n) is 3.05. The molecule has 0 aliphatic heterocycles. The summed E-state index contributed by atoms with van der Waals surface area (Å²) >= 11 is 1.09. The molecule has 0 aliphatic rings. The number of hydrogen-bond donors (Lipinski definition) is 2. The molecular weight excluding hydrogens is 409 g/mol. The van der Waals surface area contributed by atoms with Crippen molar-refractivity contribution in [3.05, 3.63) is 59.2 Å². The van der Waals surface area contributed by atoms with E-state index in [0.29, 0.717) is 52.9 Å². The van der Waals surface area contributed by atoms with Gasteiger partial charge in [0, 0.05) is 30.1 Å². The second kappa shape index (κ2) is 8.50. The van der Waals surface area contributed by atoms with Gasteiger partial charge >= 0.3 is 5.97 Å². The number of hydrogen-bond acceptors (Lipinski definition) is 7. The van der Waals surface area contributed by atoms with E-state index in [-0.39, 0.29) is 10.7 Å². The molecule has 0 unspecified atom stereocenters. The van der Waals surface area contributed by atoms with Gasteiger partial charge in [-0.15, -0.1) is 11.3 Å². The molecule has 1 aromatic carbocycles. The average Bonchev–Trinajstić information content (AvgIpc) is 3.35. The number of fused-ring (bicyclic) bond motifs is 1. The van der Waals surface area contributed by atoms with E-state index in [1.807, 2.05) is 0 Å². The smallest absolute Gasteiger partial charge is 0.349 e. The summed E-state index contributed by atoms with van der Waals surface area (Å²) in [6, 6.07) is 8.35. The second-order valence-electron chi connectivity index (χ2n) is 6.41. The zero-order valence-corrected chi connectivity index (χ0v) is 16.8. The van der Waals surface area contributed by atoms with E-state index >= 15 is 0 Å². The molecule has 0 radical (unpaired) electrons. The van der Waals surface area contributed by atoms with Gasteiger partial charge in [0.15, 0.2) is 4.88 Å². The van der Waals surface area contributed by atoms with E-state index in [4.69, 9.17) is 9.15 Å². The number of nitrogens with one attached hydrogen (secondary N) is 1. The minimum absolute atomic E-state index is 0.130. The van der Waals surface area contributed by atoms with Crippen molar-refractivity contribution in [2.45, 2.75) is 13.3 Å². The number of benzene rings is 1. The molecule has 154 valence electrons. The molecule has 0 saturated heterocycles. The highest BCUT2D eigenvalue weighted by Gasteiger charge is 2.18. The summed E-state index contributed by atoms with van der Waals surface area (Å²) in [7, 11) is 0. The third-order valence-electron chi connectivity index (χ3n) is 4.43. The number of aromatic nitrogens is 2. The van der Waals surface area contributed by atoms with E-state index in [2.05, 4.69) is 15.3 Å². The van der Waals surface area contributed by atoms with Crippen LogP contribution in [0.3, 0.4) is 0 Å². The van der Waals surface area contributed by atoms with Crippen molar-refractivity contribution < 1.29 is 23.4 Å².